The van der Waals surface area contributed by atoms with Crippen LogP contribution in [0.15, 0.2) is 30.5 Å². The van der Waals surface area contributed by atoms with Crippen LogP contribution in [0, 0.1) is 6.92 Å². The summed E-state index contributed by atoms with van der Waals surface area (Å²) in [6, 6.07) is 7.30. The predicted molar refractivity (Wildman–Crippen MR) is 110 cm³/mol. The van der Waals surface area contributed by atoms with E-state index in [4.69, 9.17) is 9.97 Å². The van der Waals surface area contributed by atoms with E-state index in [-0.39, 0.29) is 0 Å². The molecule has 0 saturated carbocycles. The third-order valence-electron chi connectivity index (χ3n) is 5.87. The third-order valence-corrected chi connectivity index (χ3v) is 5.87. The van der Waals surface area contributed by atoms with E-state index in [1.54, 1.807) is 0 Å². The number of rotatable bonds is 2. The number of aryl methyl sites for hydroxylation is 1. The molecular weight excluding hydrogens is 391 g/mol. The van der Waals surface area contributed by atoms with Crippen LogP contribution in [0.25, 0.3) is 10.9 Å². The Kier molecular flexibility index (Phi) is 4.52. The zero-order valence-electron chi connectivity index (χ0n) is 16.7. The highest BCUT2D eigenvalue weighted by Gasteiger charge is 2.33. The zero-order valence-corrected chi connectivity index (χ0v) is 16.7. The van der Waals surface area contributed by atoms with Crippen molar-refractivity contribution < 1.29 is 13.2 Å². The van der Waals surface area contributed by atoms with Crippen LogP contribution < -0.4 is 9.80 Å². The van der Waals surface area contributed by atoms with Crippen molar-refractivity contribution in [1.82, 2.24) is 15.0 Å². The third kappa shape index (κ3) is 3.44. The largest absolute Gasteiger partial charge is 0.417 e. The summed E-state index contributed by atoms with van der Waals surface area (Å²) in [4.78, 5) is 18.0. The van der Waals surface area contributed by atoms with Gasteiger partial charge in [-0.3, -0.25) is 4.98 Å². The van der Waals surface area contributed by atoms with Crippen LogP contribution in [0.5, 0.6) is 0 Å². The lowest BCUT2D eigenvalue weighted by Gasteiger charge is -2.31. The van der Waals surface area contributed by atoms with Gasteiger partial charge in [-0.15, -0.1) is 0 Å². The molecule has 0 atom stereocenters. The lowest BCUT2D eigenvalue weighted by Crippen LogP contribution is -2.33. The predicted octanol–water partition coefficient (Wildman–Crippen LogP) is 4.51. The summed E-state index contributed by atoms with van der Waals surface area (Å²) in [5, 5.41) is 0.932. The van der Waals surface area contributed by atoms with Crippen molar-refractivity contribution in [3.8, 4) is 0 Å². The second-order valence-corrected chi connectivity index (χ2v) is 8.06. The normalized spacial score (nSPS) is 16.9. The first-order valence-corrected chi connectivity index (χ1v) is 10.2. The second-order valence-electron chi connectivity index (χ2n) is 8.06. The molecule has 1 fully saturated rings. The molecule has 2 aromatic heterocycles. The minimum Gasteiger partial charge on any atom is -0.351 e. The van der Waals surface area contributed by atoms with Crippen LogP contribution in [0.3, 0.4) is 0 Å². The van der Waals surface area contributed by atoms with Crippen LogP contribution in [0.4, 0.5) is 24.9 Å². The minimum atomic E-state index is -4.40. The van der Waals surface area contributed by atoms with Crippen molar-refractivity contribution in [3.05, 3.63) is 52.8 Å². The van der Waals surface area contributed by atoms with Gasteiger partial charge in [-0.05, 0) is 43.5 Å². The quantitative estimate of drug-likeness (QED) is 0.618. The van der Waals surface area contributed by atoms with E-state index in [1.807, 2.05) is 19.1 Å². The molecule has 0 unspecified atom stereocenters. The molecule has 0 N–H and O–H groups in total. The molecule has 2 aliphatic rings. The maximum Gasteiger partial charge on any atom is 0.417 e. The molecule has 156 valence electrons. The Morgan fingerprint density at radius 1 is 0.967 bits per heavy atom. The number of pyridine rings is 1. The standard InChI is InChI=1S/C22H22F3N5/c1-14-4-5-19-17(10-14)20(28-21(27-19)29-7-2-3-8-29)30-9-6-18-15(13-30)11-16(12-26-18)22(23,24)25/h4-5,10-12H,2-3,6-9,13H2,1H3. The van der Waals surface area contributed by atoms with Crippen molar-refractivity contribution in [3.63, 3.8) is 0 Å². The topological polar surface area (TPSA) is 45.2 Å². The number of benzene rings is 1. The fraction of sp³-hybridized carbons (Fsp3) is 0.409. The van der Waals surface area contributed by atoms with Crippen molar-refractivity contribution in [2.45, 2.75) is 38.9 Å². The van der Waals surface area contributed by atoms with Gasteiger partial charge in [-0.1, -0.05) is 11.6 Å². The average Bonchev–Trinajstić information content (AvgIpc) is 3.26. The molecule has 5 nitrogen and oxygen atoms in total. The molecular formula is C22H22F3N5. The van der Waals surface area contributed by atoms with Crippen molar-refractivity contribution in [2.75, 3.05) is 29.4 Å². The van der Waals surface area contributed by atoms with Gasteiger partial charge in [0, 0.05) is 49.9 Å². The first-order valence-electron chi connectivity index (χ1n) is 10.2. The molecule has 0 aliphatic carbocycles. The van der Waals surface area contributed by atoms with Crippen LogP contribution in [-0.4, -0.2) is 34.6 Å². The SMILES string of the molecule is Cc1ccc2nc(N3CCCC3)nc(N3CCc4ncc(C(F)(F)F)cc4C3)c2c1. The highest BCUT2D eigenvalue weighted by Crippen LogP contribution is 2.34. The Bertz CT molecular complexity index is 1110. The van der Waals surface area contributed by atoms with Crippen LogP contribution in [0.2, 0.25) is 0 Å². The lowest BCUT2D eigenvalue weighted by molar-refractivity contribution is -0.137. The van der Waals surface area contributed by atoms with Crippen molar-refractivity contribution in [1.29, 1.82) is 0 Å². The lowest BCUT2D eigenvalue weighted by atomic mass is 10.0. The summed E-state index contributed by atoms with van der Waals surface area (Å²) in [6.07, 6.45) is -0.638. The van der Waals surface area contributed by atoms with E-state index in [0.717, 1.165) is 60.1 Å². The van der Waals surface area contributed by atoms with E-state index in [9.17, 15) is 13.2 Å². The summed E-state index contributed by atoms with van der Waals surface area (Å²) >= 11 is 0. The van der Waals surface area contributed by atoms with Crippen LogP contribution in [0.1, 0.15) is 35.2 Å². The summed E-state index contributed by atoms with van der Waals surface area (Å²) in [7, 11) is 0. The van der Waals surface area contributed by atoms with Gasteiger partial charge in [0.1, 0.15) is 5.82 Å². The number of hydrogen-bond acceptors (Lipinski definition) is 5. The van der Waals surface area contributed by atoms with E-state index in [0.29, 0.717) is 31.0 Å². The van der Waals surface area contributed by atoms with E-state index in [1.165, 1.54) is 6.07 Å². The number of halogens is 3. The van der Waals surface area contributed by atoms with Gasteiger partial charge >= 0.3 is 6.18 Å². The first-order chi connectivity index (χ1) is 14.4. The minimum absolute atomic E-state index is 0.353. The van der Waals surface area contributed by atoms with Gasteiger partial charge in [0.2, 0.25) is 5.95 Å². The number of alkyl halides is 3. The number of hydrogen-bond donors (Lipinski definition) is 0. The Hall–Kier alpha value is -2.90. The van der Waals surface area contributed by atoms with Crippen molar-refractivity contribution in [2.24, 2.45) is 0 Å². The van der Waals surface area contributed by atoms with Gasteiger partial charge in [0.15, 0.2) is 0 Å². The Morgan fingerprint density at radius 3 is 2.53 bits per heavy atom. The Balaban J connectivity index is 1.58. The Morgan fingerprint density at radius 2 is 1.77 bits per heavy atom. The molecule has 1 aromatic carbocycles. The molecule has 5 rings (SSSR count). The highest BCUT2D eigenvalue weighted by molar-refractivity contribution is 5.91. The second kappa shape index (κ2) is 7.11. The molecule has 0 spiro atoms. The molecule has 3 aromatic rings. The van der Waals surface area contributed by atoms with Gasteiger partial charge in [0.05, 0.1) is 11.1 Å². The van der Waals surface area contributed by atoms with Crippen molar-refractivity contribution >= 4 is 22.7 Å². The fourth-order valence-electron chi connectivity index (χ4n) is 4.28. The maximum atomic E-state index is 13.2. The molecule has 1 saturated heterocycles. The smallest absolute Gasteiger partial charge is 0.351 e. The van der Waals surface area contributed by atoms with Crippen LogP contribution in [-0.2, 0) is 19.1 Å². The van der Waals surface area contributed by atoms with Gasteiger partial charge in [0.25, 0.3) is 0 Å². The molecule has 0 radical (unpaired) electrons. The Labute approximate surface area is 172 Å². The average molecular weight is 413 g/mol. The number of aromatic nitrogens is 3. The summed E-state index contributed by atoms with van der Waals surface area (Å²) in [5.74, 6) is 1.49. The molecule has 2 aliphatic heterocycles. The summed E-state index contributed by atoms with van der Waals surface area (Å²) in [6.45, 7) is 4.89. The summed E-state index contributed by atoms with van der Waals surface area (Å²) < 4.78 is 39.5. The molecule has 0 bridgehead atoms. The van der Waals surface area contributed by atoms with E-state index in [2.05, 4.69) is 20.9 Å². The van der Waals surface area contributed by atoms with Gasteiger partial charge in [-0.25, -0.2) is 4.98 Å². The molecule has 0 amide bonds. The highest BCUT2D eigenvalue weighted by atomic mass is 19.4. The first kappa shape index (κ1) is 19.1. The maximum absolute atomic E-state index is 13.2. The van der Waals surface area contributed by atoms with Gasteiger partial charge < -0.3 is 9.80 Å². The molecule has 30 heavy (non-hydrogen) atoms. The van der Waals surface area contributed by atoms with Crippen LogP contribution >= 0.6 is 0 Å². The van der Waals surface area contributed by atoms with Gasteiger partial charge in [-0.2, -0.15) is 18.2 Å². The molecule has 4 heterocycles. The zero-order chi connectivity index (χ0) is 20.9. The van der Waals surface area contributed by atoms with E-state index < -0.39 is 11.7 Å². The van der Waals surface area contributed by atoms with E-state index >= 15 is 0 Å². The number of anilines is 2. The fourth-order valence-corrected chi connectivity index (χ4v) is 4.28. The molecule has 8 heteroatoms. The number of nitrogens with zero attached hydrogens (tertiary/aromatic N) is 5. The number of fused-ring (bicyclic) bond motifs is 2. The summed E-state index contributed by atoms with van der Waals surface area (Å²) in [5.41, 5.74) is 2.59. The monoisotopic (exact) mass is 413 g/mol.